The topological polar surface area (TPSA) is 44.8 Å². The molecule has 2 aliphatic rings. The van der Waals surface area contributed by atoms with Crippen LogP contribution in [0.5, 0.6) is 0 Å². The molecule has 3 rings (SSSR count). The number of hydrogen-bond acceptors (Lipinski definition) is 4. The van der Waals surface area contributed by atoms with Crippen LogP contribution in [0.4, 0.5) is 0 Å². The number of rotatable bonds is 6. The summed E-state index contributed by atoms with van der Waals surface area (Å²) < 4.78 is 5.82. The van der Waals surface area contributed by atoms with Gasteiger partial charge in [0.1, 0.15) is 0 Å². The Kier molecular flexibility index (Phi) is 7.27. The van der Waals surface area contributed by atoms with Crippen molar-refractivity contribution in [1.82, 2.24) is 15.1 Å². The van der Waals surface area contributed by atoms with Crippen LogP contribution in [0, 0.1) is 0 Å². The summed E-state index contributed by atoms with van der Waals surface area (Å²) in [6, 6.07) is 8.62. The minimum absolute atomic E-state index is 0.184. The smallest absolute Gasteiger partial charge is 0.254 e. The lowest BCUT2D eigenvalue weighted by Crippen LogP contribution is -2.46. The zero-order valence-corrected chi connectivity index (χ0v) is 17.1. The van der Waals surface area contributed by atoms with E-state index in [0.29, 0.717) is 6.04 Å². The standard InChI is InChI=1S/C22H35N3O2/c1-4-13-25(21-9-11-23-12-10-21)22(26)20-7-5-19(6-8-20)16-24-14-17(2)27-18(3)15-24/h5-8,17-18,21,23H,4,9-16H2,1-3H3/t17-,18+. The maximum absolute atomic E-state index is 13.1. The van der Waals surface area contributed by atoms with Gasteiger partial charge in [0.15, 0.2) is 0 Å². The van der Waals surface area contributed by atoms with E-state index in [0.717, 1.165) is 64.1 Å². The van der Waals surface area contributed by atoms with Crippen molar-refractivity contribution in [2.45, 2.75) is 64.8 Å². The highest BCUT2D eigenvalue weighted by molar-refractivity contribution is 5.94. The summed E-state index contributed by atoms with van der Waals surface area (Å²) in [7, 11) is 0. The average Bonchev–Trinajstić information content (AvgIpc) is 2.66. The normalized spacial score (nSPS) is 24.7. The van der Waals surface area contributed by atoms with Gasteiger partial charge in [0.05, 0.1) is 12.2 Å². The van der Waals surface area contributed by atoms with Gasteiger partial charge in [-0.15, -0.1) is 0 Å². The molecule has 5 heteroatoms. The van der Waals surface area contributed by atoms with Gasteiger partial charge in [0, 0.05) is 37.8 Å². The number of carbonyl (C=O) groups is 1. The molecular formula is C22H35N3O2. The monoisotopic (exact) mass is 373 g/mol. The van der Waals surface area contributed by atoms with Gasteiger partial charge in [0.25, 0.3) is 5.91 Å². The van der Waals surface area contributed by atoms with Crippen molar-refractivity contribution in [3.8, 4) is 0 Å². The van der Waals surface area contributed by atoms with Crippen LogP contribution < -0.4 is 5.32 Å². The Morgan fingerprint density at radius 3 is 2.37 bits per heavy atom. The maximum Gasteiger partial charge on any atom is 0.254 e. The highest BCUT2D eigenvalue weighted by Gasteiger charge is 2.26. The highest BCUT2D eigenvalue weighted by atomic mass is 16.5. The summed E-state index contributed by atoms with van der Waals surface area (Å²) in [6.07, 6.45) is 3.67. The highest BCUT2D eigenvalue weighted by Crippen LogP contribution is 2.18. The van der Waals surface area contributed by atoms with Crippen LogP contribution >= 0.6 is 0 Å². The molecule has 0 aliphatic carbocycles. The van der Waals surface area contributed by atoms with E-state index in [1.807, 2.05) is 12.1 Å². The van der Waals surface area contributed by atoms with E-state index >= 15 is 0 Å². The maximum atomic E-state index is 13.1. The molecule has 2 atom stereocenters. The van der Waals surface area contributed by atoms with E-state index in [1.54, 1.807) is 0 Å². The van der Waals surface area contributed by atoms with E-state index in [-0.39, 0.29) is 18.1 Å². The van der Waals surface area contributed by atoms with Crippen molar-refractivity contribution in [3.63, 3.8) is 0 Å². The Bertz CT molecular complexity index is 588. The molecule has 0 spiro atoms. The minimum atomic E-state index is 0.184. The van der Waals surface area contributed by atoms with Crippen molar-refractivity contribution in [2.75, 3.05) is 32.7 Å². The molecule has 1 amide bonds. The van der Waals surface area contributed by atoms with Crippen LogP contribution in [0.15, 0.2) is 24.3 Å². The fourth-order valence-electron chi connectivity index (χ4n) is 4.40. The zero-order valence-electron chi connectivity index (χ0n) is 17.1. The molecule has 0 aromatic heterocycles. The summed E-state index contributed by atoms with van der Waals surface area (Å²) in [5.74, 6) is 0.184. The Morgan fingerprint density at radius 2 is 1.78 bits per heavy atom. The molecule has 0 bridgehead atoms. The number of ether oxygens (including phenoxy) is 1. The number of morpholine rings is 1. The quantitative estimate of drug-likeness (QED) is 0.833. The third-order valence-electron chi connectivity index (χ3n) is 5.58. The summed E-state index contributed by atoms with van der Waals surface area (Å²) in [5.41, 5.74) is 2.08. The first-order valence-corrected chi connectivity index (χ1v) is 10.5. The van der Waals surface area contributed by atoms with Crippen molar-refractivity contribution >= 4 is 5.91 Å². The van der Waals surface area contributed by atoms with Crippen molar-refractivity contribution in [3.05, 3.63) is 35.4 Å². The zero-order chi connectivity index (χ0) is 19.2. The fourth-order valence-corrected chi connectivity index (χ4v) is 4.40. The fraction of sp³-hybridized carbons (Fsp3) is 0.682. The molecule has 0 radical (unpaired) electrons. The van der Waals surface area contributed by atoms with Gasteiger partial charge < -0.3 is 15.0 Å². The molecule has 2 heterocycles. The molecule has 2 saturated heterocycles. The van der Waals surface area contributed by atoms with Gasteiger partial charge in [-0.05, 0) is 63.9 Å². The first-order valence-electron chi connectivity index (χ1n) is 10.5. The first-order chi connectivity index (χ1) is 13.1. The Balaban J connectivity index is 1.63. The lowest BCUT2D eigenvalue weighted by molar-refractivity contribution is -0.0704. The van der Waals surface area contributed by atoms with Crippen LogP contribution in [-0.2, 0) is 11.3 Å². The number of piperidine rings is 1. The number of carbonyl (C=O) groups excluding carboxylic acids is 1. The van der Waals surface area contributed by atoms with Gasteiger partial charge in [0.2, 0.25) is 0 Å². The van der Waals surface area contributed by atoms with Gasteiger partial charge in [-0.2, -0.15) is 0 Å². The second-order valence-corrected chi connectivity index (χ2v) is 8.13. The molecule has 2 fully saturated rings. The van der Waals surface area contributed by atoms with Gasteiger partial charge in [-0.25, -0.2) is 0 Å². The molecule has 27 heavy (non-hydrogen) atoms. The van der Waals surface area contributed by atoms with E-state index in [9.17, 15) is 4.79 Å². The summed E-state index contributed by atoms with van der Waals surface area (Å²) in [4.78, 5) is 17.6. The van der Waals surface area contributed by atoms with E-state index < -0.39 is 0 Å². The summed E-state index contributed by atoms with van der Waals surface area (Å²) in [5, 5.41) is 3.39. The van der Waals surface area contributed by atoms with Crippen molar-refractivity contribution in [1.29, 1.82) is 0 Å². The Hall–Kier alpha value is -1.43. The van der Waals surface area contributed by atoms with Gasteiger partial charge >= 0.3 is 0 Å². The molecule has 1 aromatic carbocycles. The molecule has 1 aromatic rings. The Labute approximate surface area is 164 Å². The Morgan fingerprint density at radius 1 is 1.15 bits per heavy atom. The minimum Gasteiger partial charge on any atom is -0.373 e. The number of nitrogens with one attached hydrogen (secondary N) is 1. The second-order valence-electron chi connectivity index (χ2n) is 8.13. The first kappa shape index (κ1) is 20.3. The van der Waals surface area contributed by atoms with Crippen LogP contribution in [0.1, 0.15) is 56.0 Å². The molecule has 5 nitrogen and oxygen atoms in total. The largest absolute Gasteiger partial charge is 0.373 e. The van der Waals surface area contributed by atoms with E-state index in [1.165, 1.54) is 5.56 Å². The molecule has 2 aliphatic heterocycles. The number of benzene rings is 1. The van der Waals surface area contributed by atoms with Crippen LogP contribution in [-0.4, -0.2) is 66.7 Å². The SMILES string of the molecule is CCCN(C(=O)c1ccc(CN2C[C@@H](C)O[C@@H](C)C2)cc1)C1CCNCC1. The molecule has 0 saturated carbocycles. The van der Waals surface area contributed by atoms with Crippen LogP contribution in [0.3, 0.4) is 0 Å². The number of amides is 1. The van der Waals surface area contributed by atoms with Crippen LogP contribution in [0.2, 0.25) is 0 Å². The lowest BCUT2D eigenvalue weighted by Gasteiger charge is -2.35. The molecular weight excluding hydrogens is 338 g/mol. The molecule has 150 valence electrons. The van der Waals surface area contributed by atoms with E-state index in [2.05, 4.69) is 48.0 Å². The van der Waals surface area contributed by atoms with Crippen molar-refractivity contribution in [2.24, 2.45) is 0 Å². The average molecular weight is 374 g/mol. The molecule has 1 N–H and O–H groups in total. The number of hydrogen-bond donors (Lipinski definition) is 1. The summed E-state index contributed by atoms with van der Waals surface area (Å²) in [6.45, 7) is 12.1. The summed E-state index contributed by atoms with van der Waals surface area (Å²) >= 11 is 0. The van der Waals surface area contributed by atoms with Crippen LogP contribution in [0.25, 0.3) is 0 Å². The van der Waals surface area contributed by atoms with Gasteiger partial charge in [-0.1, -0.05) is 19.1 Å². The lowest BCUT2D eigenvalue weighted by atomic mass is 10.0. The second kappa shape index (κ2) is 9.67. The number of nitrogens with zero attached hydrogens (tertiary/aromatic N) is 2. The van der Waals surface area contributed by atoms with E-state index in [4.69, 9.17) is 4.74 Å². The van der Waals surface area contributed by atoms with Gasteiger partial charge in [-0.3, -0.25) is 9.69 Å². The third-order valence-corrected chi connectivity index (χ3v) is 5.58. The predicted octanol–water partition coefficient (Wildman–Crippen LogP) is 2.90. The molecule has 0 unspecified atom stereocenters. The van der Waals surface area contributed by atoms with Crippen molar-refractivity contribution < 1.29 is 9.53 Å². The third kappa shape index (κ3) is 5.53. The predicted molar refractivity (Wildman–Crippen MR) is 109 cm³/mol.